The van der Waals surface area contributed by atoms with Gasteiger partial charge in [-0.25, -0.2) is 9.50 Å². The lowest BCUT2D eigenvalue weighted by molar-refractivity contribution is 0.0993. The number of carbonyl (C=O) groups excluding carboxylic acids is 1. The molecule has 156 valence electrons. The van der Waals surface area contributed by atoms with Crippen LogP contribution in [-0.4, -0.2) is 32.1 Å². The Hall–Kier alpha value is -3.94. The Morgan fingerprint density at radius 1 is 1.16 bits per heavy atom. The maximum Gasteiger partial charge on any atom is 0.267 e. The van der Waals surface area contributed by atoms with Crippen LogP contribution in [0.4, 0.5) is 5.82 Å². The first-order valence-corrected chi connectivity index (χ1v) is 10.2. The molecule has 0 spiro atoms. The van der Waals surface area contributed by atoms with Gasteiger partial charge in [-0.1, -0.05) is 36.4 Å². The molecule has 4 heterocycles. The van der Waals surface area contributed by atoms with Crippen LogP contribution in [0.25, 0.3) is 16.9 Å². The average molecular weight is 414 g/mol. The maximum absolute atomic E-state index is 11.8. The quantitative estimate of drug-likeness (QED) is 0.520. The molecule has 5 rings (SSSR count). The number of primary amides is 1. The molecule has 0 saturated heterocycles. The standard InChI is InChI=1S/C23H22N6O2/c1-14-19(17-10-5-11-18(20(24)30)29(17)28-14)22-26-21(16-9-6-12-31-23(16)27-22)25-13-15-7-3-2-4-8-15/h2-5,7-8,10-11H,6,9,12-13H2,1H3,(H2,24,30)(H,25,26,27). The van der Waals surface area contributed by atoms with Crippen LogP contribution in [0.15, 0.2) is 48.5 Å². The predicted octanol–water partition coefficient (Wildman–Crippen LogP) is 3.14. The molecule has 31 heavy (non-hydrogen) atoms. The second-order valence-electron chi connectivity index (χ2n) is 7.50. The number of carbonyl (C=O) groups is 1. The summed E-state index contributed by atoms with van der Waals surface area (Å²) in [5, 5.41) is 7.98. The minimum atomic E-state index is -0.542. The predicted molar refractivity (Wildman–Crippen MR) is 117 cm³/mol. The van der Waals surface area contributed by atoms with Crippen molar-refractivity contribution in [2.24, 2.45) is 5.73 Å². The van der Waals surface area contributed by atoms with E-state index in [2.05, 4.69) is 22.5 Å². The van der Waals surface area contributed by atoms with Gasteiger partial charge in [0.25, 0.3) is 5.91 Å². The lowest BCUT2D eigenvalue weighted by Gasteiger charge is -2.20. The highest BCUT2D eigenvalue weighted by Crippen LogP contribution is 2.34. The second kappa shape index (κ2) is 7.71. The van der Waals surface area contributed by atoms with E-state index in [-0.39, 0.29) is 0 Å². The van der Waals surface area contributed by atoms with Crippen molar-refractivity contribution in [2.75, 3.05) is 11.9 Å². The van der Waals surface area contributed by atoms with Gasteiger partial charge in [0, 0.05) is 6.54 Å². The van der Waals surface area contributed by atoms with Crippen molar-refractivity contribution in [3.05, 3.63) is 71.0 Å². The van der Waals surface area contributed by atoms with Crippen LogP contribution in [-0.2, 0) is 13.0 Å². The van der Waals surface area contributed by atoms with Gasteiger partial charge in [-0.3, -0.25) is 4.79 Å². The van der Waals surface area contributed by atoms with Crippen molar-refractivity contribution in [1.29, 1.82) is 0 Å². The number of hydrogen-bond acceptors (Lipinski definition) is 6. The topological polar surface area (TPSA) is 107 Å². The summed E-state index contributed by atoms with van der Waals surface area (Å²) in [6.07, 6.45) is 1.78. The normalized spacial score (nSPS) is 12.9. The lowest BCUT2D eigenvalue weighted by Crippen LogP contribution is -2.16. The highest BCUT2D eigenvalue weighted by Gasteiger charge is 2.23. The molecular formula is C23H22N6O2. The minimum absolute atomic E-state index is 0.309. The van der Waals surface area contributed by atoms with Crippen LogP contribution in [0.1, 0.15) is 33.7 Å². The third kappa shape index (κ3) is 3.46. The fourth-order valence-corrected chi connectivity index (χ4v) is 3.91. The highest BCUT2D eigenvalue weighted by atomic mass is 16.5. The van der Waals surface area contributed by atoms with E-state index in [1.807, 2.05) is 31.2 Å². The van der Waals surface area contributed by atoms with Gasteiger partial charge in [-0.15, -0.1) is 0 Å². The summed E-state index contributed by atoms with van der Waals surface area (Å²) in [7, 11) is 0. The fourth-order valence-electron chi connectivity index (χ4n) is 3.91. The Morgan fingerprint density at radius 2 is 2.00 bits per heavy atom. The molecule has 0 saturated carbocycles. The first-order valence-electron chi connectivity index (χ1n) is 10.2. The number of benzene rings is 1. The van der Waals surface area contributed by atoms with Crippen molar-refractivity contribution >= 4 is 17.2 Å². The van der Waals surface area contributed by atoms with Gasteiger partial charge in [-0.2, -0.15) is 10.1 Å². The molecule has 1 aromatic carbocycles. The lowest BCUT2D eigenvalue weighted by atomic mass is 10.1. The Bertz CT molecular complexity index is 1280. The van der Waals surface area contributed by atoms with Gasteiger partial charge in [0.15, 0.2) is 5.82 Å². The van der Waals surface area contributed by atoms with Crippen LogP contribution >= 0.6 is 0 Å². The number of nitrogens with zero attached hydrogens (tertiary/aromatic N) is 4. The van der Waals surface area contributed by atoms with Gasteiger partial charge >= 0.3 is 0 Å². The van der Waals surface area contributed by atoms with Crippen LogP contribution in [0.3, 0.4) is 0 Å². The number of hydrogen-bond donors (Lipinski definition) is 2. The number of amides is 1. The SMILES string of the molecule is Cc1nn2c(C(N)=O)cccc2c1-c1nc(NCc2ccccc2)c2c(n1)OCCC2. The maximum atomic E-state index is 11.8. The zero-order valence-electron chi connectivity index (χ0n) is 17.1. The molecule has 3 aromatic heterocycles. The number of aryl methyl sites for hydroxylation is 1. The average Bonchev–Trinajstić information content (AvgIpc) is 3.13. The first kappa shape index (κ1) is 19.0. The van der Waals surface area contributed by atoms with E-state index >= 15 is 0 Å². The van der Waals surface area contributed by atoms with E-state index in [4.69, 9.17) is 20.4 Å². The smallest absolute Gasteiger partial charge is 0.267 e. The summed E-state index contributed by atoms with van der Waals surface area (Å²) < 4.78 is 7.43. The van der Waals surface area contributed by atoms with Crippen molar-refractivity contribution in [3.63, 3.8) is 0 Å². The molecule has 8 nitrogen and oxygen atoms in total. The molecule has 1 amide bonds. The first-order chi connectivity index (χ1) is 15.1. The number of pyridine rings is 1. The van der Waals surface area contributed by atoms with Crippen LogP contribution in [0.2, 0.25) is 0 Å². The Kier molecular flexibility index (Phi) is 4.74. The molecule has 0 fully saturated rings. The largest absolute Gasteiger partial charge is 0.477 e. The van der Waals surface area contributed by atoms with E-state index in [1.54, 1.807) is 16.6 Å². The summed E-state index contributed by atoms with van der Waals surface area (Å²) >= 11 is 0. The van der Waals surface area contributed by atoms with E-state index in [9.17, 15) is 4.79 Å². The molecule has 0 atom stereocenters. The molecule has 0 unspecified atom stereocenters. The van der Waals surface area contributed by atoms with Gasteiger partial charge < -0.3 is 15.8 Å². The molecule has 0 bridgehead atoms. The Balaban J connectivity index is 1.62. The molecule has 0 radical (unpaired) electrons. The third-order valence-electron chi connectivity index (χ3n) is 5.39. The summed E-state index contributed by atoms with van der Waals surface area (Å²) in [4.78, 5) is 21.4. The molecule has 8 heteroatoms. The van der Waals surface area contributed by atoms with E-state index < -0.39 is 5.91 Å². The molecular weight excluding hydrogens is 392 g/mol. The Labute approximate surface area is 179 Å². The van der Waals surface area contributed by atoms with Crippen molar-refractivity contribution in [1.82, 2.24) is 19.6 Å². The molecule has 4 aromatic rings. The number of rotatable bonds is 5. The summed E-state index contributed by atoms with van der Waals surface area (Å²) in [6, 6.07) is 15.5. The van der Waals surface area contributed by atoms with Gasteiger partial charge in [0.05, 0.1) is 28.9 Å². The highest BCUT2D eigenvalue weighted by molar-refractivity contribution is 5.93. The van der Waals surface area contributed by atoms with Crippen molar-refractivity contribution < 1.29 is 9.53 Å². The van der Waals surface area contributed by atoms with Gasteiger partial charge in [0.1, 0.15) is 11.5 Å². The van der Waals surface area contributed by atoms with E-state index in [0.29, 0.717) is 36.2 Å². The zero-order chi connectivity index (χ0) is 21.4. The van der Waals surface area contributed by atoms with E-state index in [1.165, 1.54) is 0 Å². The van der Waals surface area contributed by atoms with Crippen LogP contribution < -0.4 is 15.8 Å². The number of nitrogens with two attached hydrogens (primary N) is 1. The third-order valence-corrected chi connectivity index (χ3v) is 5.39. The zero-order valence-corrected chi connectivity index (χ0v) is 17.1. The molecule has 1 aliphatic rings. The summed E-state index contributed by atoms with van der Waals surface area (Å²) in [5.41, 5.74) is 10.2. The monoisotopic (exact) mass is 414 g/mol. The van der Waals surface area contributed by atoms with Crippen molar-refractivity contribution in [3.8, 4) is 17.3 Å². The number of fused-ring (bicyclic) bond motifs is 2. The minimum Gasteiger partial charge on any atom is -0.477 e. The molecule has 0 aliphatic carbocycles. The number of nitrogens with one attached hydrogen (secondary N) is 1. The summed E-state index contributed by atoms with van der Waals surface area (Å²) in [5.74, 6) is 1.31. The van der Waals surface area contributed by atoms with Gasteiger partial charge in [-0.05, 0) is 37.5 Å². The van der Waals surface area contributed by atoms with Gasteiger partial charge in [0.2, 0.25) is 5.88 Å². The molecule has 3 N–H and O–H groups in total. The second-order valence-corrected chi connectivity index (χ2v) is 7.50. The van der Waals surface area contributed by atoms with Crippen LogP contribution in [0, 0.1) is 6.92 Å². The van der Waals surface area contributed by atoms with Crippen molar-refractivity contribution in [2.45, 2.75) is 26.3 Å². The van der Waals surface area contributed by atoms with Crippen LogP contribution in [0.5, 0.6) is 5.88 Å². The number of ether oxygens (including phenoxy) is 1. The molecule has 1 aliphatic heterocycles. The van der Waals surface area contributed by atoms with E-state index in [0.717, 1.165) is 40.9 Å². The summed E-state index contributed by atoms with van der Waals surface area (Å²) in [6.45, 7) is 3.14. The number of aromatic nitrogens is 4. The fraction of sp³-hybridized carbons (Fsp3) is 0.217. The number of anilines is 1. The Morgan fingerprint density at radius 3 is 2.81 bits per heavy atom.